The van der Waals surface area contributed by atoms with Crippen LogP contribution < -0.4 is 16.8 Å². The zero-order valence-electron chi connectivity index (χ0n) is 10.5. The third-order valence-corrected chi connectivity index (χ3v) is 2.65. The van der Waals surface area contributed by atoms with Gasteiger partial charge in [-0.05, 0) is 18.2 Å². The van der Waals surface area contributed by atoms with Gasteiger partial charge in [-0.15, -0.1) is 0 Å². The minimum atomic E-state index is -4.55. The van der Waals surface area contributed by atoms with E-state index < -0.39 is 23.2 Å². The number of hydrogen-bond donors (Lipinski definition) is 2. The molecular weight excluding hydrogens is 291 g/mol. The molecule has 3 N–H and O–H groups in total. The Morgan fingerprint density at radius 2 is 2.00 bits per heavy atom. The third-order valence-electron chi connectivity index (χ3n) is 2.65. The number of rotatable bonds is 3. The highest BCUT2D eigenvalue weighted by Gasteiger charge is 2.31. The molecule has 9 heteroatoms. The Bertz CT molecular complexity index is 718. The summed E-state index contributed by atoms with van der Waals surface area (Å²) >= 11 is 0. The van der Waals surface area contributed by atoms with Crippen molar-refractivity contribution in [2.24, 2.45) is 5.84 Å². The van der Waals surface area contributed by atoms with Crippen molar-refractivity contribution in [1.82, 2.24) is 9.99 Å². The normalized spacial score (nSPS) is 11.4. The fourth-order valence-corrected chi connectivity index (χ4v) is 1.65. The number of nitrogens with two attached hydrogens (primary N) is 1. The van der Waals surface area contributed by atoms with E-state index in [4.69, 9.17) is 10.3 Å². The molecule has 2 aromatic rings. The fourth-order valence-electron chi connectivity index (χ4n) is 1.65. The maximum absolute atomic E-state index is 12.6. The molecule has 112 valence electrons. The van der Waals surface area contributed by atoms with Crippen LogP contribution in [-0.2, 0) is 12.7 Å². The summed E-state index contributed by atoms with van der Waals surface area (Å²) in [6, 6.07) is 4.20. The van der Waals surface area contributed by atoms with E-state index in [1.165, 1.54) is 12.1 Å². The van der Waals surface area contributed by atoms with Gasteiger partial charge in [0, 0.05) is 12.3 Å². The monoisotopic (exact) mass is 301 g/mol. The van der Waals surface area contributed by atoms with Crippen molar-refractivity contribution >= 4 is 5.91 Å². The number of hydrazine groups is 1. The quantitative estimate of drug-likeness (QED) is 0.505. The van der Waals surface area contributed by atoms with Gasteiger partial charge in [-0.1, -0.05) is 0 Å². The van der Waals surface area contributed by atoms with Gasteiger partial charge in [-0.2, -0.15) is 13.2 Å². The second-order valence-electron chi connectivity index (χ2n) is 4.12. The molecule has 0 unspecified atom stereocenters. The molecule has 0 atom stereocenters. The molecule has 0 aromatic carbocycles. The molecule has 0 aliphatic heterocycles. The Morgan fingerprint density at radius 1 is 1.29 bits per heavy atom. The predicted molar refractivity (Wildman–Crippen MR) is 65.2 cm³/mol. The summed E-state index contributed by atoms with van der Waals surface area (Å²) in [5.41, 5.74) is 0.277. The highest BCUT2D eigenvalue weighted by Crippen LogP contribution is 2.28. The number of nitrogen functional groups attached to an aromatic ring is 1. The molecule has 1 amide bonds. The molecule has 0 spiro atoms. The van der Waals surface area contributed by atoms with E-state index in [2.05, 4.69) is 0 Å². The van der Waals surface area contributed by atoms with Crippen LogP contribution >= 0.6 is 0 Å². The first-order valence-electron chi connectivity index (χ1n) is 5.68. The Kier molecular flexibility index (Phi) is 3.85. The number of nitrogens with one attached hydrogen (secondary N) is 1. The Morgan fingerprint density at radius 3 is 2.62 bits per heavy atom. The minimum absolute atomic E-state index is 0.104. The van der Waals surface area contributed by atoms with Gasteiger partial charge in [0.05, 0.1) is 12.1 Å². The summed E-state index contributed by atoms with van der Waals surface area (Å²) in [6.07, 6.45) is -3.86. The van der Waals surface area contributed by atoms with Crippen LogP contribution in [0.5, 0.6) is 0 Å². The first-order valence-corrected chi connectivity index (χ1v) is 5.68. The number of carbonyl (C=O) groups is 1. The number of amides is 1. The van der Waals surface area contributed by atoms with Crippen molar-refractivity contribution in [3.05, 3.63) is 57.9 Å². The van der Waals surface area contributed by atoms with Gasteiger partial charge in [0.25, 0.3) is 5.56 Å². The molecule has 21 heavy (non-hydrogen) atoms. The summed E-state index contributed by atoms with van der Waals surface area (Å²) in [5, 5.41) is 0. The first-order chi connectivity index (χ1) is 9.81. The number of carbonyl (C=O) groups excluding carboxylic acids is 1. The average Bonchev–Trinajstić information content (AvgIpc) is 2.87. The topological polar surface area (TPSA) is 90.3 Å². The molecule has 6 nitrogen and oxygen atoms in total. The van der Waals surface area contributed by atoms with Crippen molar-refractivity contribution in [2.45, 2.75) is 12.7 Å². The first kappa shape index (κ1) is 14.9. The Hall–Kier alpha value is -2.55. The van der Waals surface area contributed by atoms with Gasteiger partial charge in [0.1, 0.15) is 5.76 Å². The molecule has 2 aromatic heterocycles. The highest BCUT2D eigenvalue weighted by molar-refractivity contribution is 5.90. The van der Waals surface area contributed by atoms with Gasteiger partial charge in [-0.3, -0.25) is 15.0 Å². The van der Waals surface area contributed by atoms with Crippen molar-refractivity contribution < 1.29 is 22.4 Å². The van der Waals surface area contributed by atoms with Crippen LogP contribution in [0.3, 0.4) is 0 Å². The molecule has 0 saturated carbocycles. The summed E-state index contributed by atoms with van der Waals surface area (Å²) in [5.74, 6) is 4.28. The molecule has 2 heterocycles. The zero-order valence-corrected chi connectivity index (χ0v) is 10.5. The average molecular weight is 301 g/mol. The van der Waals surface area contributed by atoms with E-state index in [1.807, 2.05) is 5.43 Å². The van der Waals surface area contributed by atoms with E-state index >= 15 is 0 Å². The molecule has 0 aliphatic carbocycles. The third kappa shape index (κ3) is 3.31. The van der Waals surface area contributed by atoms with Crippen LogP contribution in [0, 0.1) is 0 Å². The molecule has 0 bridgehead atoms. The lowest BCUT2D eigenvalue weighted by Gasteiger charge is -2.09. The van der Waals surface area contributed by atoms with Gasteiger partial charge in [0.2, 0.25) is 0 Å². The molecule has 0 radical (unpaired) electrons. The molecule has 0 saturated heterocycles. The Balaban J connectivity index is 2.29. The zero-order chi connectivity index (χ0) is 15.6. The van der Waals surface area contributed by atoms with Crippen LogP contribution in [0.15, 0.2) is 39.7 Å². The Labute approximate surface area is 115 Å². The molecule has 0 fully saturated rings. The lowest BCUT2D eigenvalue weighted by atomic mass is 10.2. The summed E-state index contributed by atoms with van der Waals surface area (Å²) in [7, 11) is 0. The highest BCUT2D eigenvalue weighted by atomic mass is 19.4. The summed E-state index contributed by atoms with van der Waals surface area (Å²) < 4.78 is 43.7. The largest absolute Gasteiger partial charge is 0.454 e. The molecule has 2 rings (SSSR count). The van der Waals surface area contributed by atoms with Crippen LogP contribution in [0.2, 0.25) is 0 Å². The smallest absolute Gasteiger partial charge is 0.417 e. The summed E-state index contributed by atoms with van der Waals surface area (Å²) in [6.45, 7) is -0.236. The van der Waals surface area contributed by atoms with Crippen LogP contribution in [-0.4, -0.2) is 10.5 Å². The lowest BCUT2D eigenvalue weighted by Crippen LogP contribution is -2.29. The maximum Gasteiger partial charge on any atom is 0.417 e. The van der Waals surface area contributed by atoms with E-state index in [-0.39, 0.29) is 18.1 Å². The van der Waals surface area contributed by atoms with Gasteiger partial charge >= 0.3 is 12.1 Å². The standard InChI is InChI=1S/C12H10F3N3O3/c13-12(14,15)7-1-4-10(19)18(5-7)6-8-2-3-9(21-8)11(20)17-16/h1-5H,6,16H2,(H,17,20). The molecule has 0 aliphatic rings. The number of nitrogens with zero attached hydrogens (tertiary/aromatic N) is 1. The maximum atomic E-state index is 12.6. The van der Waals surface area contributed by atoms with Gasteiger partial charge in [0.15, 0.2) is 5.76 Å². The number of aromatic nitrogens is 1. The predicted octanol–water partition coefficient (Wildman–Crippen LogP) is 1.11. The van der Waals surface area contributed by atoms with Crippen LogP contribution in [0.1, 0.15) is 21.9 Å². The van der Waals surface area contributed by atoms with Crippen molar-refractivity contribution in [3.63, 3.8) is 0 Å². The number of alkyl halides is 3. The fraction of sp³-hybridized carbons (Fsp3) is 0.167. The number of hydrogen-bond acceptors (Lipinski definition) is 4. The number of furan rings is 1. The minimum Gasteiger partial charge on any atom is -0.454 e. The second-order valence-corrected chi connectivity index (χ2v) is 4.12. The van der Waals surface area contributed by atoms with E-state index in [9.17, 15) is 22.8 Å². The van der Waals surface area contributed by atoms with Crippen LogP contribution in [0.25, 0.3) is 0 Å². The number of halogens is 3. The van der Waals surface area contributed by atoms with Crippen molar-refractivity contribution in [1.29, 1.82) is 0 Å². The van der Waals surface area contributed by atoms with Crippen LogP contribution in [0.4, 0.5) is 13.2 Å². The van der Waals surface area contributed by atoms with Crippen molar-refractivity contribution in [2.75, 3.05) is 0 Å². The second kappa shape index (κ2) is 5.44. The lowest BCUT2D eigenvalue weighted by molar-refractivity contribution is -0.138. The molecular formula is C12H10F3N3O3. The van der Waals surface area contributed by atoms with E-state index in [1.54, 1.807) is 0 Å². The number of pyridine rings is 1. The SMILES string of the molecule is NNC(=O)c1ccc(Cn2cc(C(F)(F)F)ccc2=O)o1. The van der Waals surface area contributed by atoms with E-state index in [0.717, 1.165) is 10.6 Å². The van der Waals surface area contributed by atoms with Gasteiger partial charge < -0.3 is 8.98 Å². The van der Waals surface area contributed by atoms with Crippen molar-refractivity contribution in [3.8, 4) is 0 Å². The summed E-state index contributed by atoms with van der Waals surface area (Å²) in [4.78, 5) is 22.7. The van der Waals surface area contributed by atoms with Gasteiger partial charge in [-0.25, -0.2) is 5.84 Å². The van der Waals surface area contributed by atoms with E-state index in [0.29, 0.717) is 12.3 Å².